The van der Waals surface area contributed by atoms with Gasteiger partial charge in [-0.05, 0) is 36.4 Å². The third-order valence-corrected chi connectivity index (χ3v) is 4.98. The van der Waals surface area contributed by atoms with E-state index in [2.05, 4.69) is 0 Å². The Hall–Kier alpha value is -2.71. The van der Waals surface area contributed by atoms with Crippen molar-refractivity contribution >= 4 is 29.4 Å². The van der Waals surface area contributed by atoms with E-state index in [1.807, 2.05) is 36.4 Å². The Balaban J connectivity index is 1.82. The van der Waals surface area contributed by atoms with Gasteiger partial charge in [0, 0.05) is 10.6 Å². The number of thioether (sulfide) groups is 1. The van der Waals surface area contributed by atoms with Crippen molar-refractivity contribution in [3.63, 3.8) is 0 Å². The summed E-state index contributed by atoms with van der Waals surface area (Å²) >= 11 is 1.63. The van der Waals surface area contributed by atoms with Crippen molar-refractivity contribution < 1.29 is 28.2 Å². The Kier molecular flexibility index (Phi) is 6.20. The normalized spacial score (nSPS) is 14.2. The molecule has 1 aliphatic rings. The second-order valence-corrected chi connectivity index (χ2v) is 6.63. The van der Waals surface area contributed by atoms with Crippen molar-refractivity contribution in [1.29, 1.82) is 0 Å². The summed E-state index contributed by atoms with van der Waals surface area (Å²) in [6.07, 6.45) is 1.65. The van der Waals surface area contributed by atoms with E-state index in [0.717, 1.165) is 16.4 Å². The maximum Gasteiger partial charge on any atom is 0.355 e. The molecule has 0 spiro atoms. The number of carbonyl (C=O) groups excluding carboxylic acids is 2. The molecular formula is C19H19NO6S. The fraction of sp³-hybridized carbons (Fsp3) is 0.263. The van der Waals surface area contributed by atoms with Crippen LogP contribution >= 0.6 is 11.8 Å². The van der Waals surface area contributed by atoms with Crippen LogP contribution in [0.3, 0.4) is 0 Å². The lowest BCUT2D eigenvalue weighted by Crippen LogP contribution is -2.38. The summed E-state index contributed by atoms with van der Waals surface area (Å²) in [7, 11) is 2.53. The number of rotatable bonds is 6. The molecule has 8 heteroatoms. The molecule has 142 valence electrons. The van der Waals surface area contributed by atoms with Crippen LogP contribution in [0.4, 0.5) is 5.69 Å². The zero-order valence-electron chi connectivity index (χ0n) is 15.0. The van der Waals surface area contributed by atoms with Crippen molar-refractivity contribution in [2.24, 2.45) is 0 Å². The molecule has 2 aromatic rings. The van der Waals surface area contributed by atoms with Crippen LogP contribution < -0.4 is 4.90 Å². The standard InChI is InChI=1S/C19H19NO6S/c1-23-18(21)16-10-25-12-20(17(16)19(22)24-2)13-5-7-15(8-6-13)27-11-14-4-3-9-26-14/h3-9H,10-12H2,1-2H3. The highest BCUT2D eigenvalue weighted by Gasteiger charge is 2.32. The highest BCUT2D eigenvalue weighted by molar-refractivity contribution is 7.98. The van der Waals surface area contributed by atoms with Gasteiger partial charge in [-0.1, -0.05) is 0 Å². The summed E-state index contributed by atoms with van der Waals surface area (Å²) in [4.78, 5) is 26.9. The van der Waals surface area contributed by atoms with Gasteiger partial charge < -0.3 is 23.5 Å². The van der Waals surface area contributed by atoms with E-state index in [9.17, 15) is 9.59 Å². The van der Waals surface area contributed by atoms with E-state index < -0.39 is 11.9 Å². The number of methoxy groups -OCH3 is 2. The maximum absolute atomic E-state index is 12.3. The quantitative estimate of drug-likeness (QED) is 0.551. The van der Waals surface area contributed by atoms with E-state index >= 15 is 0 Å². The summed E-state index contributed by atoms with van der Waals surface area (Å²) < 4.78 is 20.4. The first-order chi connectivity index (χ1) is 13.1. The molecule has 2 heterocycles. The Morgan fingerprint density at radius 2 is 1.85 bits per heavy atom. The first-order valence-corrected chi connectivity index (χ1v) is 9.13. The van der Waals surface area contributed by atoms with Gasteiger partial charge >= 0.3 is 11.9 Å². The van der Waals surface area contributed by atoms with E-state index in [4.69, 9.17) is 18.6 Å². The Morgan fingerprint density at radius 3 is 2.48 bits per heavy atom. The minimum Gasteiger partial charge on any atom is -0.468 e. The molecule has 0 bridgehead atoms. The van der Waals surface area contributed by atoms with E-state index in [1.165, 1.54) is 14.2 Å². The Morgan fingerprint density at radius 1 is 1.11 bits per heavy atom. The molecule has 1 aromatic carbocycles. The molecule has 3 rings (SSSR count). The number of hydrogen-bond donors (Lipinski definition) is 0. The molecule has 0 aliphatic carbocycles. The number of nitrogens with zero attached hydrogens (tertiary/aromatic N) is 1. The van der Waals surface area contributed by atoms with Gasteiger partial charge in [0.25, 0.3) is 0 Å². The number of ether oxygens (including phenoxy) is 3. The molecule has 27 heavy (non-hydrogen) atoms. The summed E-state index contributed by atoms with van der Waals surface area (Å²) in [6, 6.07) is 11.4. The Labute approximate surface area is 160 Å². The molecule has 0 amide bonds. The number of hydrogen-bond acceptors (Lipinski definition) is 8. The largest absolute Gasteiger partial charge is 0.468 e. The number of benzene rings is 1. The zero-order valence-corrected chi connectivity index (χ0v) is 15.8. The first kappa shape index (κ1) is 19.1. The summed E-state index contributed by atoms with van der Waals surface area (Å²) in [5.41, 5.74) is 0.970. The van der Waals surface area contributed by atoms with E-state index in [1.54, 1.807) is 22.9 Å². The molecule has 7 nitrogen and oxygen atoms in total. The molecule has 1 aromatic heterocycles. The SMILES string of the molecule is COC(=O)C1=C(C(=O)OC)N(c2ccc(SCc3ccco3)cc2)COC1. The van der Waals surface area contributed by atoms with Crippen molar-refractivity contribution in [2.75, 3.05) is 32.5 Å². The second kappa shape index (κ2) is 8.79. The van der Waals surface area contributed by atoms with Crippen LogP contribution in [0.5, 0.6) is 0 Å². The van der Waals surface area contributed by atoms with Crippen LogP contribution in [0, 0.1) is 0 Å². The monoisotopic (exact) mass is 389 g/mol. The Bertz CT molecular complexity index is 828. The van der Waals surface area contributed by atoms with Gasteiger partial charge in [0.15, 0.2) is 0 Å². The van der Waals surface area contributed by atoms with Crippen LogP contribution in [-0.2, 0) is 29.6 Å². The minimum absolute atomic E-state index is 0.00924. The van der Waals surface area contributed by atoms with Crippen molar-refractivity contribution in [3.05, 3.63) is 59.7 Å². The van der Waals surface area contributed by atoms with Gasteiger partial charge in [0.2, 0.25) is 0 Å². The molecule has 0 N–H and O–H groups in total. The fourth-order valence-corrected chi connectivity index (χ4v) is 3.42. The van der Waals surface area contributed by atoms with Crippen LogP contribution in [0.1, 0.15) is 5.76 Å². The van der Waals surface area contributed by atoms with Gasteiger partial charge in [-0.15, -0.1) is 11.8 Å². The highest BCUT2D eigenvalue weighted by Crippen LogP contribution is 2.30. The average Bonchev–Trinajstić information content (AvgIpc) is 3.24. The molecule has 0 fully saturated rings. The average molecular weight is 389 g/mol. The van der Waals surface area contributed by atoms with Gasteiger partial charge in [-0.2, -0.15) is 0 Å². The van der Waals surface area contributed by atoms with Crippen LogP contribution in [0.15, 0.2) is 63.2 Å². The van der Waals surface area contributed by atoms with Crippen LogP contribution in [0.2, 0.25) is 0 Å². The van der Waals surface area contributed by atoms with Gasteiger partial charge in [-0.25, -0.2) is 9.59 Å². The lowest BCUT2D eigenvalue weighted by atomic mass is 10.1. The third kappa shape index (κ3) is 4.35. The molecule has 0 radical (unpaired) electrons. The lowest BCUT2D eigenvalue weighted by molar-refractivity contribution is -0.140. The number of anilines is 1. The van der Waals surface area contributed by atoms with Crippen LogP contribution in [0.25, 0.3) is 0 Å². The predicted octanol–water partition coefficient (Wildman–Crippen LogP) is 2.97. The lowest BCUT2D eigenvalue weighted by Gasteiger charge is -2.31. The van der Waals surface area contributed by atoms with Crippen molar-refractivity contribution in [3.8, 4) is 0 Å². The predicted molar refractivity (Wildman–Crippen MR) is 99.1 cm³/mol. The highest BCUT2D eigenvalue weighted by atomic mass is 32.2. The molecular weight excluding hydrogens is 370 g/mol. The first-order valence-electron chi connectivity index (χ1n) is 8.14. The number of esters is 2. The summed E-state index contributed by atoms with van der Waals surface area (Å²) in [5.74, 6) is 0.381. The number of carbonyl (C=O) groups is 2. The molecule has 0 atom stereocenters. The smallest absolute Gasteiger partial charge is 0.355 e. The number of furan rings is 1. The molecule has 0 saturated heterocycles. The fourth-order valence-electron chi connectivity index (χ4n) is 2.62. The minimum atomic E-state index is -0.620. The van der Waals surface area contributed by atoms with Gasteiger partial charge in [-0.3, -0.25) is 0 Å². The molecule has 0 saturated carbocycles. The second-order valence-electron chi connectivity index (χ2n) is 5.58. The van der Waals surface area contributed by atoms with Crippen molar-refractivity contribution in [2.45, 2.75) is 10.6 Å². The molecule has 0 unspecified atom stereocenters. The summed E-state index contributed by atoms with van der Waals surface area (Å²) in [6.45, 7) is 0.120. The van der Waals surface area contributed by atoms with E-state index in [-0.39, 0.29) is 24.6 Å². The topological polar surface area (TPSA) is 78.2 Å². The van der Waals surface area contributed by atoms with Gasteiger partial charge in [0.05, 0.1) is 38.4 Å². The third-order valence-electron chi connectivity index (χ3n) is 3.94. The van der Waals surface area contributed by atoms with Gasteiger partial charge in [0.1, 0.15) is 18.2 Å². The van der Waals surface area contributed by atoms with E-state index in [0.29, 0.717) is 5.69 Å². The molecule has 1 aliphatic heterocycles. The van der Waals surface area contributed by atoms with Crippen molar-refractivity contribution in [1.82, 2.24) is 0 Å². The maximum atomic E-state index is 12.3. The van der Waals surface area contributed by atoms with Crippen LogP contribution in [-0.4, -0.2) is 39.5 Å². The summed E-state index contributed by atoms with van der Waals surface area (Å²) in [5, 5.41) is 0. The zero-order chi connectivity index (χ0) is 19.2.